The van der Waals surface area contributed by atoms with Gasteiger partial charge in [-0.1, -0.05) is 15.9 Å². The first-order valence-corrected chi connectivity index (χ1v) is 9.06. The highest BCUT2D eigenvalue weighted by Crippen LogP contribution is 2.27. The van der Waals surface area contributed by atoms with Crippen LogP contribution in [-0.2, 0) is 13.3 Å². The van der Waals surface area contributed by atoms with Crippen molar-refractivity contribution in [2.75, 3.05) is 0 Å². The molecule has 0 unspecified atom stereocenters. The lowest BCUT2D eigenvalue weighted by Crippen LogP contribution is -2.01. The summed E-state index contributed by atoms with van der Waals surface area (Å²) in [6, 6.07) is 7.61. The maximum Gasteiger partial charge on any atom is 0.167 e. The van der Waals surface area contributed by atoms with Gasteiger partial charge < -0.3 is 4.57 Å². The third kappa shape index (κ3) is 3.11. The number of aromatic nitrogens is 5. The first-order chi connectivity index (χ1) is 12.2. The van der Waals surface area contributed by atoms with Crippen LogP contribution in [0.5, 0.6) is 0 Å². The molecule has 0 aliphatic carbocycles. The molecule has 3 aromatic heterocycles. The summed E-state index contributed by atoms with van der Waals surface area (Å²) < 4.78 is 19.0. The fraction of sp³-hybridized carbons (Fsp3) is 0.118. The maximum atomic E-state index is 13.7. The van der Waals surface area contributed by atoms with Gasteiger partial charge in [0.1, 0.15) is 10.4 Å². The molecule has 0 amide bonds. The monoisotopic (exact) mass is 463 g/mol. The molecule has 0 spiro atoms. The molecular formula is C17H12Br2FN5. The van der Waals surface area contributed by atoms with Gasteiger partial charge in [-0.05, 0) is 45.8 Å². The predicted octanol–water partition coefficient (Wildman–Crippen LogP) is 4.80. The highest BCUT2D eigenvalue weighted by atomic mass is 79.9. The topological polar surface area (TPSA) is 48.5 Å². The van der Waals surface area contributed by atoms with Crippen molar-refractivity contribution in [2.45, 2.75) is 13.3 Å². The second kappa shape index (κ2) is 6.68. The van der Waals surface area contributed by atoms with Crippen LogP contribution in [0.25, 0.3) is 22.4 Å². The van der Waals surface area contributed by atoms with Crippen LogP contribution in [0.1, 0.15) is 5.56 Å². The molecule has 8 heteroatoms. The van der Waals surface area contributed by atoms with Crippen molar-refractivity contribution in [2.24, 2.45) is 0 Å². The SMILES string of the molecule is FCn1c(-c2cncc(Cn3cncc3Br)c2)nc2ccc(Br)cc21. The third-order valence-electron chi connectivity index (χ3n) is 3.90. The number of rotatable bonds is 4. The van der Waals surface area contributed by atoms with Crippen LogP contribution < -0.4 is 0 Å². The number of pyridine rings is 1. The minimum Gasteiger partial charge on any atom is -0.321 e. The molecule has 0 aliphatic heterocycles. The third-order valence-corrected chi connectivity index (χ3v) is 5.05. The Morgan fingerprint density at radius 1 is 1.04 bits per heavy atom. The van der Waals surface area contributed by atoms with Crippen molar-refractivity contribution in [3.8, 4) is 11.4 Å². The smallest absolute Gasteiger partial charge is 0.167 e. The van der Waals surface area contributed by atoms with Crippen LogP contribution in [0.15, 0.2) is 58.3 Å². The van der Waals surface area contributed by atoms with Crippen LogP contribution in [0, 0.1) is 0 Å². The van der Waals surface area contributed by atoms with E-state index in [1.54, 1.807) is 29.5 Å². The lowest BCUT2D eigenvalue weighted by Gasteiger charge is -2.08. The Kier molecular flexibility index (Phi) is 4.39. The summed E-state index contributed by atoms with van der Waals surface area (Å²) in [6.07, 6.45) is 6.96. The fourth-order valence-electron chi connectivity index (χ4n) is 2.75. The zero-order valence-corrected chi connectivity index (χ0v) is 16.1. The highest BCUT2D eigenvalue weighted by Gasteiger charge is 2.14. The first kappa shape index (κ1) is 16.4. The maximum absolute atomic E-state index is 13.7. The van der Waals surface area contributed by atoms with E-state index in [0.717, 1.165) is 31.2 Å². The Labute approximate surface area is 159 Å². The van der Waals surface area contributed by atoms with Gasteiger partial charge >= 0.3 is 0 Å². The van der Waals surface area contributed by atoms with Crippen LogP contribution in [0.2, 0.25) is 0 Å². The largest absolute Gasteiger partial charge is 0.321 e. The number of alkyl halides is 1. The summed E-state index contributed by atoms with van der Waals surface area (Å²) in [4.78, 5) is 13.0. The van der Waals surface area contributed by atoms with Crippen LogP contribution >= 0.6 is 31.9 Å². The Bertz CT molecular complexity index is 1060. The van der Waals surface area contributed by atoms with Gasteiger partial charge in [-0.25, -0.2) is 14.4 Å². The molecule has 0 saturated carbocycles. The summed E-state index contributed by atoms with van der Waals surface area (Å²) in [6.45, 7) is -0.0393. The van der Waals surface area contributed by atoms with Crippen LogP contribution in [0.4, 0.5) is 4.39 Å². The molecule has 0 N–H and O–H groups in total. The zero-order valence-electron chi connectivity index (χ0n) is 12.9. The summed E-state index contributed by atoms with van der Waals surface area (Å²) in [5.74, 6) is 0.564. The number of nitrogens with zero attached hydrogens (tertiary/aromatic N) is 5. The minimum atomic E-state index is -0.653. The molecule has 4 rings (SSSR count). The quantitative estimate of drug-likeness (QED) is 0.436. The van der Waals surface area contributed by atoms with Crippen molar-refractivity contribution in [1.82, 2.24) is 24.1 Å². The van der Waals surface area contributed by atoms with Crippen molar-refractivity contribution in [1.29, 1.82) is 0 Å². The number of benzene rings is 1. The molecular weight excluding hydrogens is 453 g/mol. The molecule has 4 aromatic rings. The number of hydrogen-bond acceptors (Lipinski definition) is 3. The molecule has 0 atom stereocenters. The predicted molar refractivity (Wildman–Crippen MR) is 101 cm³/mol. The van der Waals surface area contributed by atoms with Crippen molar-refractivity contribution in [3.63, 3.8) is 0 Å². The number of fused-ring (bicyclic) bond motifs is 1. The van der Waals surface area contributed by atoms with E-state index in [1.807, 2.05) is 28.8 Å². The van der Waals surface area contributed by atoms with E-state index < -0.39 is 6.80 Å². The summed E-state index contributed by atoms with van der Waals surface area (Å²) in [7, 11) is 0. The Morgan fingerprint density at radius 3 is 2.68 bits per heavy atom. The van der Waals surface area contributed by atoms with Crippen molar-refractivity contribution in [3.05, 3.63) is 63.8 Å². The molecule has 0 bridgehead atoms. The molecule has 3 heterocycles. The molecule has 0 aliphatic rings. The lowest BCUT2D eigenvalue weighted by atomic mass is 10.2. The second-order valence-corrected chi connectivity index (χ2v) is 7.27. The molecule has 126 valence electrons. The molecule has 0 fully saturated rings. The molecule has 1 aromatic carbocycles. The number of imidazole rings is 2. The Balaban J connectivity index is 1.78. The summed E-state index contributed by atoms with van der Waals surface area (Å²) >= 11 is 6.87. The van der Waals surface area contributed by atoms with Gasteiger partial charge in [0.05, 0.1) is 30.1 Å². The first-order valence-electron chi connectivity index (χ1n) is 7.47. The molecule has 25 heavy (non-hydrogen) atoms. The average Bonchev–Trinajstić information content (AvgIpc) is 3.18. The van der Waals surface area contributed by atoms with Gasteiger partial charge in [-0.15, -0.1) is 0 Å². The van der Waals surface area contributed by atoms with Gasteiger partial charge in [0.25, 0.3) is 0 Å². The highest BCUT2D eigenvalue weighted by molar-refractivity contribution is 9.10. The molecule has 5 nitrogen and oxygen atoms in total. The van der Waals surface area contributed by atoms with Gasteiger partial charge in [0.15, 0.2) is 6.80 Å². The molecule has 0 radical (unpaired) electrons. The van der Waals surface area contributed by atoms with E-state index in [2.05, 4.69) is 46.8 Å². The van der Waals surface area contributed by atoms with Crippen LogP contribution in [-0.4, -0.2) is 24.1 Å². The summed E-state index contributed by atoms with van der Waals surface area (Å²) in [5.41, 5.74) is 3.25. The zero-order chi connectivity index (χ0) is 17.4. The van der Waals surface area contributed by atoms with Gasteiger partial charge in [-0.2, -0.15) is 0 Å². The van der Waals surface area contributed by atoms with E-state index >= 15 is 0 Å². The van der Waals surface area contributed by atoms with Crippen molar-refractivity contribution < 1.29 is 4.39 Å². The van der Waals surface area contributed by atoms with Crippen molar-refractivity contribution >= 4 is 42.9 Å². The minimum absolute atomic E-state index is 0.564. The Morgan fingerprint density at radius 2 is 1.92 bits per heavy atom. The van der Waals surface area contributed by atoms with E-state index in [-0.39, 0.29) is 0 Å². The van der Waals surface area contributed by atoms with Gasteiger partial charge in [-0.3, -0.25) is 9.55 Å². The van der Waals surface area contributed by atoms with E-state index in [4.69, 9.17) is 0 Å². The number of hydrogen-bond donors (Lipinski definition) is 0. The summed E-state index contributed by atoms with van der Waals surface area (Å²) in [5, 5.41) is 0. The van der Waals surface area contributed by atoms with E-state index in [1.165, 1.54) is 0 Å². The second-order valence-electron chi connectivity index (χ2n) is 5.54. The van der Waals surface area contributed by atoms with E-state index in [0.29, 0.717) is 12.4 Å². The standard InChI is InChI=1S/C17H12Br2FN5/c18-13-1-2-14-15(4-13)25(9-20)17(23-14)12-3-11(5-21-6-12)8-24-10-22-7-16(24)19/h1-7,10H,8-9H2. The fourth-order valence-corrected chi connectivity index (χ4v) is 3.44. The van der Waals surface area contributed by atoms with E-state index in [9.17, 15) is 4.39 Å². The Hall–Kier alpha value is -2.06. The molecule has 0 saturated heterocycles. The lowest BCUT2D eigenvalue weighted by molar-refractivity contribution is 0.387. The van der Waals surface area contributed by atoms with Gasteiger partial charge in [0.2, 0.25) is 0 Å². The van der Waals surface area contributed by atoms with Crippen LogP contribution in [0.3, 0.4) is 0 Å². The average molecular weight is 465 g/mol. The number of halogens is 3. The van der Waals surface area contributed by atoms with Gasteiger partial charge in [0, 0.05) is 22.4 Å². The normalized spacial score (nSPS) is 11.3.